The molecule has 1 aliphatic carbocycles. The molecule has 6 heteroatoms. The Morgan fingerprint density at radius 2 is 2.00 bits per heavy atom. The summed E-state index contributed by atoms with van der Waals surface area (Å²) in [7, 11) is 0. The highest BCUT2D eigenvalue weighted by molar-refractivity contribution is 5.94. The summed E-state index contributed by atoms with van der Waals surface area (Å²) in [6, 6.07) is 9.81. The van der Waals surface area contributed by atoms with E-state index in [1.165, 1.54) is 12.8 Å². The minimum Gasteiger partial charge on any atom is -0.490 e. The summed E-state index contributed by atoms with van der Waals surface area (Å²) in [5, 5.41) is 6.77. The van der Waals surface area contributed by atoms with Gasteiger partial charge in [0.1, 0.15) is 5.76 Å². The van der Waals surface area contributed by atoms with Gasteiger partial charge in [-0.25, -0.2) is 0 Å². The highest BCUT2D eigenvalue weighted by atomic mass is 16.5. The molecule has 2 N–H and O–H groups in total. The zero-order valence-corrected chi connectivity index (χ0v) is 14.9. The molecule has 138 valence electrons. The van der Waals surface area contributed by atoms with Gasteiger partial charge in [-0.15, -0.1) is 0 Å². The Balaban J connectivity index is 1.40. The van der Waals surface area contributed by atoms with Crippen molar-refractivity contribution in [2.75, 3.05) is 31.6 Å². The first kappa shape index (κ1) is 16.8. The van der Waals surface area contributed by atoms with Gasteiger partial charge in [0.05, 0.1) is 19.5 Å². The number of hydrogen-bond donors (Lipinski definition) is 2. The maximum Gasteiger partial charge on any atom is 0.195 e. The number of hydrogen-bond acceptors (Lipinski definition) is 4. The van der Waals surface area contributed by atoms with Gasteiger partial charge < -0.3 is 24.5 Å². The van der Waals surface area contributed by atoms with Crippen LogP contribution in [0, 0.1) is 5.92 Å². The second-order valence-corrected chi connectivity index (χ2v) is 6.73. The summed E-state index contributed by atoms with van der Waals surface area (Å²) in [6.45, 7) is 3.00. The molecular formula is C20H25N3O3. The molecule has 0 amide bonds. The number of anilines is 1. The molecule has 0 unspecified atom stereocenters. The van der Waals surface area contributed by atoms with Crippen molar-refractivity contribution in [2.24, 2.45) is 10.9 Å². The predicted octanol–water partition coefficient (Wildman–Crippen LogP) is 3.45. The van der Waals surface area contributed by atoms with Crippen molar-refractivity contribution in [3.63, 3.8) is 0 Å². The molecule has 0 bridgehead atoms. The fourth-order valence-electron chi connectivity index (χ4n) is 2.80. The van der Waals surface area contributed by atoms with E-state index in [0.717, 1.165) is 60.8 Å². The Morgan fingerprint density at radius 3 is 2.81 bits per heavy atom. The number of nitrogens with zero attached hydrogens (tertiary/aromatic N) is 1. The standard InChI is InChI=1S/C20H25N3O3/c1-3-17(24-10-1)8-9-21-20(22-14-15-4-5-15)23-16-6-7-18-19(13-16)26-12-2-11-25-18/h1,3,6-7,10,13,15H,2,4-5,8-9,11-12,14H2,(H2,21,22,23). The molecule has 1 aliphatic heterocycles. The molecular weight excluding hydrogens is 330 g/mol. The SMILES string of the molecule is c1coc(CCNC(=NCC2CC2)Nc2ccc3c(c2)OCCCO3)c1. The lowest BCUT2D eigenvalue weighted by Gasteiger charge is -2.14. The van der Waals surface area contributed by atoms with E-state index in [9.17, 15) is 0 Å². The van der Waals surface area contributed by atoms with Crippen molar-refractivity contribution in [3.8, 4) is 11.5 Å². The Labute approximate surface area is 153 Å². The first-order valence-electron chi connectivity index (χ1n) is 9.34. The minimum atomic E-state index is 0.681. The van der Waals surface area contributed by atoms with Crippen LogP contribution in [-0.4, -0.2) is 32.3 Å². The summed E-state index contributed by atoms with van der Waals surface area (Å²) < 4.78 is 16.8. The van der Waals surface area contributed by atoms with Crippen LogP contribution in [0.25, 0.3) is 0 Å². The molecule has 26 heavy (non-hydrogen) atoms. The number of rotatable bonds is 6. The summed E-state index contributed by atoms with van der Waals surface area (Å²) in [5.41, 5.74) is 0.939. The van der Waals surface area contributed by atoms with E-state index in [0.29, 0.717) is 13.2 Å². The van der Waals surface area contributed by atoms with Crippen LogP contribution in [0.4, 0.5) is 5.69 Å². The fourth-order valence-corrected chi connectivity index (χ4v) is 2.80. The van der Waals surface area contributed by atoms with Crippen LogP contribution in [0.3, 0.4) is 0 Å². The van der Waals surface area contributed by atoms with E-state index in [1.54, 1.807) is 6.26 Å². The molecule has 2 aromatic rings. The van der Waals surface area contributed by atoms with Crippen LogP contribution in [0.2, 0.25) is 0 Å². The van der Waals surface area contributed by atoms with Crippen molar-refractivity contribution < 1.29 is 13.9 Å². The van der Waals surface area contributed by atoms with Crippen molar-refractivity contribution in [1.82, 2.24) is 5.32 Å². The molecule has 2 heterocycles. The topological polar surface area (TPSA) is 68.0 Å². The highest BCUT2D eigenvalue weighted by Crippen LogP contribution is 2.32. The van der Waals surface area contributed by atoms with Gasteiger partial charge in [-0.1, -0.05) is 0 Å². The number of fused-ring (bicyclic) bond motifs is 1. The van der Waals surface area contributed by atoms with E-state index >= 15 is 0 Å². The number of nitrogens with one attached hydrogen (secondary N) is 2. The molecule has 0 saturated heterocycles. The Morgan fingerprint density at radius 1 is 1.12 bits per heavy atom. The number of aliphatic imine (C=N–C) groups is 1. The van der Waals surface area contributed by atoms with Crippen molar-refractivity contribution in [1.29, 1.82) is 0 Å². The average Bonchev–Trinajstić information content (AvgIpc) is 3.39. The number of benzene rings is 1. The number of furan rings is 1. The van der Waals surface area contributed by atoms with Gasteiger partial charge in [-0.05, 0) is 43.0 Å². The van der Waals surface area contributed by atoms with Gasteiger partial charge in [-0.3, -0.25) is 4.99 Å². The van der Waals surface area contributed by atoms with Gasteiger partial charge in [0.15, 0.2) is 17.5 Å². The lowest BCUT2D eigenvalue weighted by molar-refractivity contribution is 0.297. The molecule has 0 spiro atoms. The summed E-state index contributed by atoms with van der Waals surface area (Å²) in [5.74, 6) is 4.08. The van der Waals surface area contributed by atoms with E-state index < -0.39 is 0 Å². The van der Waals surface area contributed by atoms with Crippen molar-refractivity contribution >= 4 is 11.6 Å². The fraction of sp³-hybridized carbons (Fsp3) is 0.450. The van der Waals surface area contributed by atoms with Gasteiger partial charge in [0, 0.05) is 37.7 Å². The molecule has 0 radical (unpaired) electrons. The van der Waals surface area contributed by atoms with Crippen LogP contribution in [-0.2, 0) is 6.42 Å². The molecule has 2 aliphatic rings. The predicted molar refractivity (Wildman–Crippen MR) is 101 cm³/mol. The van der Waals surface area contributed by atoms with Crippen LogP contribution >= 0.6 is 0 Å². The molecule has 4 rings (SSSR count). The van der Waals surface area contributed by atoms with Gasteiger partial charge in [-0.2, -0.15) is 0 Å². The zero-order valence-electron chi connectivity index (χ0n) is 14.9. The summed E-state index contributed by atoms with van der Waals surface area (Å²) in [6.07, 6.45) is 5.99. The van der Waals surface area contributed by atoms with E-state index in [-0.39, 0.29) is 0 Å². The Kier molecular flexibility index (Phi) is 5.28. The van der Waals surface area contributed by atoms with Crippen molar-refractivity contribution in [2.45, 2.75) is 25.7 Å². The Hall–Kier alpha value is -2.63. The number of ether oxygens (including phenoxy) is 2. The second-order valence-electron chi connectivity index (χ2n) is 6.73. The van der Waals surface area contributed by atoms with Crippen LogP contribution in [0.15, 0.2) is 46.0 Å². The Bertz CT molecular complexity index is 739. The normalized spacial score (nSPS) is 16.8. The number of guanidine groups is 1. The third-order valence-electron chi connectivity index (χ3n) is 4.46. The van der Waals surface area contributed by atoms with Gasteiger partial charge >= 0.3 is 0 Å². The smallest absolute Gasteiger partial charge is 0.195 e. The molecule has 1 fully saturated rings. The third-order valence-corrected chi connectivity index (χ3v) is 4.46. The maximum absolute atomic E-state index is 5.77. The van der Waals surface area contributed by atoms with Crippen molar-refractivity contribution in [3.05, 3.63) is 42.4 Å². The van der Waals surface area contributed by atoms with Gasteiger partial charge in [0.2, 0.25) is 0 Å². The average molecular weight is 355 g/mol. The minimum absolute atomic E-state index is 0.681. The van der Waals surface area contributed by atoms with E-state index in [4.69, 9.17) is 18.9 Å². The van der Waals surface area contributed by atoms with Crippen LogP contribution in [0.1, 0.15) is 25.0 Å². The monoisotopic (exact) mass is 355 g/mol. The van der Waals surface area contributed by atoms with Crippen LogP contribution < -0.4 is 20.1 Å². The van der Waals surface area contributed by atoms with Gasteiger partial charge in [0.25, 0.3) is 0 Å². The lowest BCUT2D eigenvalue weighted by atomic mass is 10.2. The molecule has 0 atom stereocenters. The summed E-state index contributed by atoms with van der Waals surface area (Å²) in [4.78, 5) is 4.72. The van der Waals surface area contributed by atoms with E-state index in [1.807, 2.05) is 30.3 Å². The zero-order chi connectivity index (χ0) is 17.6. The maximum atomic E-state index is 5.77. The largest absolute Gasteiger partial charge is 0.490 e. The highest BCUT2D eigenvalue weighted by Gasteiger charge is 2.20. The molecule has 1 aromatic carbocycles. The summed E-state index contributed by atoms with van der Waals surface area (Å²) >= 11 is 0. The second kappa shape index (κ2) is 8.17. The van der Waals surface area contributed by atoms with E-state index in [2.05, 4.69) is 10.6 Å². The molecule has 1 saturated carbocycles. The van der Waals surface area contributed by atoms with Crippen LogP contribution in [0.5, 0.6) is 11.5 Å². The third kappa shape index (κ3) is 4.71. The molecule has 1 aromatic heterocycles. The lowest BCUT2D eigenvalue weighted by Crippen LogP contribution is -2.32. The first-order chi connectivity index (χ1) is 12.9. The quantitative estimate of drug-likeness (QED) is 0.614. The first-order valence-corrected chi connectivity index (χ1v) is 9.34. The molecule has 6 nitrogen and oxygen atoms in total.